The molecule has 1 aromatic carbocycles. The minimum Gasteiger partial charge on any atom is -0.494 e. The van der Waals surface area contributed by atoms with Gasteiger partial charge in [0.25, 0.3) is 5.92 Å². The SMILES string of the molecule is C=C(OCC)c1cc(C)cc2c1nc(N1CCC(F)(F)CC1)n1cc(C(F)(F)F)nc21. The molecule has 0 N–H and O–H groups in total. The lowest BCUT2D eigenvalue weighted by molar-refractivity contribution is -0.140. The van der Waals surface area contributed by atoms with Gasteiger partial charge in [-0.1, -0.05) is 6.58 Å². The summed E-state index contributed by atoms with van der Waals surface area (Å²) in [4.78, 5) is 10.0. The van der Waals surface area contributed by atoms with Crippen LogP contribution in [0.25, 0.3) is 22.3 Å². The number of hydrogen-bond donors (Lipinski definition) is 0. The summed E-state index contributed by atoms with van der Waals surface area (Å²) in [6.07, 6.45) is -4.60. The van der Waals surface area contributed by atoms with Crippen molar-refractivity contribution in [3.63, 3.8) is 0 Å². The predicted octanol–water partition coefficient (Wildman–Crippen LogP) is 5.45. The highest BCUT2D eigenvalue weighted by Gasteiger charge is 2.37. The molecule has 4 rings (SSSR count). The number of imidazole rings is 1. The molecular weight excluding hydrogens is 419 g/mol. The van der Waals surface area contributed by atoms with Gasteiger partial charge < -0.3 is 9.64 Å². The first-order valence-corrected chi connectivity index (χ1v) is 9.85. The smallest absolute Gasteiger partial charge is 0.434 e. The highest BCUT2D eigenvalue weighted by molar-refractivity contribution is 5.99. The molecule has 5 nitrogen and oxygen atoms in total. The molecule has 166 valence electrons. The first-order chi connectivity index (χ1) is 14.5. The van der Waals surface area contributed by atoms with Crippen molar-refractivity contribution in [3.8, 4) is 0 Å². The summed E-state index contributed by atoms with van der Waals surface area (Å²) in [6.45, 7) is 7.78. The Kier molecular flexibility index (Phi) is 5.06. The summed E-state index contributed by atoms with van der Waals surface area (Å²) in [5.41, 5.74) is 0.646. The fraction of sp³-hybridized carbons (Fsp3) is 0.429. The van der Waals surface area contributed by atoms with Crippen molar-refractivity contribution >= 4 is 28.3 Å². The normalized spacial score (nSPS) is 16.8. The lowest BCUT2D eigenvalue weighted by Gasteiger charge is -2.33. The number of piperidine rings is 1. The van der Waals surface area contributed by atoms with Crippen molar-refractivity contribution in [2.45, 2.75) is 38.8 Å². The van der Waals surface area contributed by atoms with Crippen LogP contribution in [0.3, 0.4) is 0 Å². The second-order valence-corrected chi connectivity index (χ2v) is 7.64. The fourth-order valence-corrected chi connectivity index (χ4v) is 3.80. The summed E-state index contributed by atoms with van der Waals surface area (Å²) in [6, 6.07) is 3.48. The number of hydrogen-bond acceptors (Lipinski definition) is 4. The number of aryl methyl sites for hydroxylation is 1. The van der Waals surface area contributed by atoms with Crippen LogP contribution in [0.5, 0.6) is 0 Å². The predicted molar refractivity (Wildman–Crippen MR) is 107 cm³/mol. The van der Waals surface area contributed by atoms with Crippen LogP contribution in [-0.2, 0) is 10.9 Å². The highest BCUT2D eigenvalue weighted by Crippen LogP contribution is 2.36. The Morgan fingerprint density at radius 1 is 1.19 bits per heavy atom. The van der Waals surface area contributed by atoms with E-state index in [1.165, 1.54) is 4.40 Å². The number of benzene rings is 1. The van der Waals surface area contributed by atoms with Gasteiger partial charge in [0.15, 0.2) is 5.69 Å². The maximum Gasteiger partial charge on any atom is 0.434 e. The quantitative estimate of drug-likeness (QED) is 0.400. The summed E-state index contributed by atoms with van der Waals surface area (Å²) >= 11 is 0. The molecule has 0 aliphatic carbocycles. The lowest BCUT2D eigenvalue weighted by Crippen LogP contribution is -2.40. The van der Waals surface area contributed by atoms with E-state index in [-0.39, 0.29) is 24.7 Å². The molecule has 1 fully saturated rings. The van der Waals surface area contributed by atoms with E-state index >= 15 is 0 Å². The van der Waals surface area contributed by atoms with E-state index in [0.717, 1.165) is 11.8 Å². The minimum absolute atomic E-state index is 0.0340. The molecule has 0 saturated carbocycles. The molecule has 0 spiro atoms. The zero-order valence-electron chi connectivity index (χ0n) is 17.1. The molecular formula is C21H21F5N4O. The van der Waals surface area contributed by atoms with Crippen LogP contribution in [0.1, 0.15) is 36.6 Å². The maximum absolute atomic E-state index is 13.7. The number of fused-ring (bicyclic) bond motifs is 3. The van der Waals surface area contributed by atoms with Gasteiger partial charge in [0, 0.05) is 43.1 Å². The van der Waals surface area contributed by atoms with Crippen molar-refractivity contribution in [2.75, 3.05) is 24.6 Å². The van der Waals surface area contributed by atoms with Crippen molar-refractivity contribution < 1.29 is 26.7 Å². The van der Waals surface area contributed by atoms with E-state index in [4.69, 9.17) is 4.74 Å². The molecule has 0 atom stereocenters. The number of rotatable bonds is 4. The van der Waals surface area contributed by atoms with Crippen LogP contribution < -0.4 is 4.90 Å². The van der Waals surface area contributed by atoms with Crippen LogP contribution in [-0.4, -0.2) is 40.0 Å². The van der Waals surface area contributed by atoms with Gasteiger partial charge in [-0.25, -0.2) is 18.7 Å². The second-order valence-electron chi connectivity index (χ2n) is 7.64. The van der Waals surface area contributed by atoms with E-state index in [9.17, 15) is 22.0 Å². The van der Waals surface area contributed by atoms with Crippen LogP contribution in [0, 0.1) is 6.92 Å². The van der Waals surface area contributed by atoms with Gasteiger partial charge in [-0.05, 0) is 31.5 Å². The molecule has 0 amide bonds. The van der Waals surface area contributed by atoms with Crippen molar-refractivity contribution in [2.24, 2.45) is 0 Å². The molecule has 10 heteroatoms. The molecule has 0 bridgehead atoms. The number of anilines is 1. The van der Waals surface area contributed by atoms with E-state index < -0.39 is 30.6 Å². The third-order valence-corrected chi connectivity index (χ3v) is 5.32. The monoisotopic (exact) mass is 440 g/mol. The first kappa shape index (κ1) is 21.3. The third kappa shape index (κ3) is 3.90. The standard InChI is InChI=1S/C21H21F5N4O/c1-4-31-13(3)14-9-12(2)10-15-17(14)28-19(29-7-5-20(22,23)6-8-29)30-11-16(21(24,25)26)27-18(15)30/h9-11H,3-8H2,1-2H3. The van der Waals surface area contributed by atoms with Crippen molar-refractivity contribution in [3.05, 3.63) is 41.7 Å². The molecule has 0 radical (unpaired) electrons. The van der Waals surface area contributed by atoms with Gasteiger partial charge in [-0.2, -0.15) is 13.2 Å². The summed E-state index contributed by atoms with van der Waals surface area (Å²) < 4.78 is 74.4. The van der Waals surface area contributed by atoms with E-state index in [2.05, 4.69) is 16.5 Å². The van der Waals surface area contributed by atoms with Gasteiger partial charge in [0.2, 0.25) is 5.95 Å². The average Bonchev–Trinajstić information content (AvgIpc) is 3.14. The van der Waals surface area contributed by atoms with Crippen LogP contribution in [0.15, 0.2) is 24.9 Å². The zero-order chi connectivity index (χ0) is 22.6. The number of ether oxygens (including phenoxy) is 1. The fourth-order valence-electron chi connectivity index (χ4n) is 3.80. The molecule has 1 aliphatic heterocycles. The topological polar surface area (TPSA) is 42.7 Å². The minimum atomic E-state index is -4.66. The van der Waals surface area contributed by atoms with E-state index in [1.807, 2.05) is 0 Å². The number of alkyl halides is 5. The first-order valence-electron chi connectivity index (χ1n) is 9.85. The Bertz CT molecular complexity index is 1160. The van der Waals surface area contributed by atoms with Crippen molar-refractivity contribution in [1.82, 2.24) is 14.4 Å². The average molecular weight is 440 g/mol. The molecule has 31 heavy (non-hydrogen) atoms. The van der Waals surface area contributed by atoms with Gasteiger partial charge in [-0.15, -0.1) is 0 Å². The Labute approximate surface area is 175 Å². The largest absolute Gasteiger partial charge is 0.494 e. The zero-order valence-corrected chi connectivity index (χ0v) is 17.1. The van der Waals surface area contributed by atoms with Gasteiger partial charge in [0.05, 0.1) is 12.1 Å². The van der Waals surface area contributed by atoms with Crippen LogP contribution >= 0.6 is 0 Å². The second kappa shape index (κ2) is 7.35. The molecule has 3 aromatic rings. The third-order valence-electron chi connectivity index (χ3n) is 5.32. The Morgan fingerprint density at radius 3 is 2.48 bits per heavy atom. The van der Waals surface area contributed by atoms with Crippen LogP contribution in [0.2, 0.25) is 0 Å². The molecule has 3 heterocycles. The Morgan fingerprint density at radius 2 is 1.87 bits per heavy atom. The number of nitrogens with zero attached hydrogens (tertiary/aromatic N) is 4. The number of halogens is 5. The van der Waals surface area contributed by atoms with E-state index in [1.54, 1.807) is 30.9 Å². The van der Waals surface area contributed by atoms with Gasteiger partial charge in [-0.3, -0.25) is 4.40 Å². The summed E-state index contributed by atoms with van der Waals surface area (Å²) in [7, 11) is 0. The Hall–Kier alpha value is -2.91. The van der Waals surface area contributed by atoms with Gasteiger partial charge in [0.1, 0.15) is 11.4 Å². The maximum atomic E-state index is 13.7. The van der Waals surface area contributed by atoms with Crippen molar-refractivity contribution in [1.29, 1.82) is 0 Å². The highest BCUT2D eigenvalue weighted by atomic mass is 19.4. The molecule has 1 saturated heterocycles. The Balaban J connectivity index is 2.00. The summed E-state index contributed by atoms with van der Waals surface area (Å²) in [5.74, 6) is -2.34. The summed E-state index contributed by atoms with van der Waals surface area (Å²) in [5, 5.41) is 0.400. The van der Waals surface area contributed by atoms with E-state index in [0.29, 0.717) is 28.8 Å². The number of aromatic nitrogens is 3. The molecule has 0 unspecified atom stereocenters. The molecule has 1 aliphatic rings. The van der Waals surface area contributed by atoms with Crippen LogP contribution in [0.4, 0.5) is 27.9 Å². The molecule has 2 aromatic heterocycles. The lowest BCUT2D eigenvalue weighted by atomic mass is 10.0. The van der Waals surface area contributed by atoms with Gasteiger partial charge >= 0.3 is 6.18 Å².